The first-order valence-corrected chi connectivity index (χ1v) is 6.63. The molecule has 1 N–H and O–H groups in total. The number of nitrogens with one attached hydrogen (secondary N) is 1. The van der Waals surface area contributed by atoms with Gasteiger partial charge in [-0.05, 0) is 18.2 Å². The van der Waals surface area contributed by atoms with Gasteiger partial charge in [0.2, 0.25) is 0 Å². The van der Waals surface area contributed by atoms with E-state index in [1.54, 1.807) is 12.1 Å². The maximum atomic E-state index is 13.8. The van der Waals surface area contributed by atoms with E-state index >= 15 is 0 Å². The fraction of sp³-hybridized carbons (Fsp3) is 0.133. The lowest BCUT2D eigenvalue weighted by molar-refractivity contribution is 0.630. The molecule has 102 valence electrons. The molecule has 3 rings (SSSR count). The van der Waals surface area contributed by atoms with Gasteiger partial charge < -0.3 is 5.32 Å². The number of aromatic nitrogens is 2. The van der Waals surface area contributed by atoms with Crippen LogP contribution in [-0.2, 0) is 13.6 Å². The molecule has 0 saturated heterocycles. The molecule has 0 unspecified atom stereocenters. The molecule has 3 aromatic rings. The Hall–Kier alpha value is -2.07. The number of hydrogen-bond acceptors (Lipinski definition) is 2. The summed E-state index contributed by atoms with van der Waals surface area (Å²) in [4.78, 5) is 0. The number of halogens is 2. The molecule has 0 amide bonds. The predicted octanol–water partition coefficient (Wildman–Crippen LogP) is 3.98. The van der Waals surface area contributed by atoms with Crippen molar-refractivity contribution in [1.29, 1.82) is 0 Å². The molecule has 3 nitrogen and oxygen atoms in total. The zero-order valence-electron chi connectivity index (χ0n) is 10.9. The van der Waals surface area contributed by atoms with Crippen LogP contribution in [0, 0.1) is 5.82 Å². The molecule has 0 spiro atoms. The Morgan fingerprint density at radius 3 is 2.85 bits per heavy atom. The van der Waals surface area contributed by atoms with Gasteiger partial charge in [-0.3, -0.25) is 4.68 Å². The number of nitrogens with zero attached hydrogens (tertiary/aromatic N) is 2. The van der Waals surface area contributed by atoms with Crippen molar-refractivity contribution in [2.24, 2.45) is 7.05 Å². The van der Waals surface area contributed by atoms with Crippen molar-refractivity contribution < 1.29 is 4.39 Å². The van der Waals surface area contributed by atoms with Crippen molar-refractivity contribution in [2.45, 2.75) is 6.54 Å². The lowest BCUT2D eigenvalue weighted by Crippen LogP contribution is -2.03. The molecule has 0 atom stereocenters. The fourth-order valence-corrected chi connectivity index (χ4v) is 2.41. The van der Waals surface area contributed by atoms with Gasteiger partial charge in [0, 0.05) is 12.4 Å². The van der Waals surface area contributed by atoms with E-state index in [0.717, 1.165) is 16.6 Å². The van der Waals surface area contributed by atoms with Crippen LogP contribution in [0.4, 0.5) is 10.1 Å². The van der Waals surface area contributed by atoms with Crippen LogP contribution in [0.1, 0.15) is 5.69 Å². The monoisotopic (exact) mass is 289 g/mol. The van der Waals surface area contributed by atoms with E-state index in [0.29, 0.717) is 12.2 Å². The average Bonchev–Trinajstić information content (AvgIpc) is 2.78. The van der Waals surface area contributed by atoms with Crippen molar-refractivity contribution in [1.82, 2.24) is 9.78 Å². The van der Waals surface area contributed by atoms with Crippen molar-refractivity contribution in [2.75, 3.05) is 5.32 Å². The number of aryl methyl sites for hydroxylation is 1. The summed E-state index contributed by atoms with van der Waals surface area (Å²) in [6.07, 6.45) is 0. The Labute approximate surface area is 121 Å². The second-order valence-corrected chi connectivity index (χ2v) is 4.95. The van der Waals surface area contributed by atoms with Gasteiger partial charge in [-0.2, -0.15) is 5.10 Å². The standard InChI is InChI=1S/C15H13ClFN3/c1-20-14-8-3-2-5-10(14)13(19-20)9-18-12-7-4-6-11(16)15(12)17/h2-8,18H,9H2,1H3. The lowest BCUT2D eigenvalue weighted by Gasteiger charge is -2.06. The van der Waals surface area contributed by atoms with Crippen molar-refractivity contribution in [3.05, 3.63) is 59.0 Å². The highest BCUT2D eigenvalue weighted by atomic mass is 35.5. The number of fused-ring (bicyclic) bond motifs is 1. The molecule has 0 aliphatic carbocycles. The Bertz CT molecular complexity index is 767. The summed E-state index contributed by atoms with van der Waals surface area (Å²) in [5, 5.41) is 8.67. The van der Waals surface area contributed by atoms with Crippen LogP contribution in [0.3, 0.4) is 0 Å². The highest BCUT2D eigenvalue weighted by Gasteiger charge is 2.10. The van der Waals surface area contributed by atoms with E-state index in [-0.39, 0.29) is 5.02 Å². The van der Waals surface area contributed by atoms with E-state index in [1.165, 1.54) is 6.07 Å². The summed E-state index contributed by atoms with van der Waals surface area (Å²) < 4.78 is 15.6. The normalized spacial score (nSPS) is 10.9. The van der Waals surface area contributed by atoms with Crippen LogP contribution >= 0.6 is 11.6 Å². The Balaban J connectivity index is 1.89. The minimum Gasteiger partial charge on any atom is -0.377 e. The Kier molecular flexibility index (Phi) is 3.32. The van der Waals surface area contributed by atoms with Gasteiger partial charge in [-0.1, -0.05) is 35.9 Å². The van der Waals surface area contributed by atoms with Gasteiger partial charge in [0.05, 0.1) is 28.5 Å². The summed E-state index contributed by atoms with van der Waals surface area (Å²) in [5.74, 6) is -0.436. The van der Waals surface area contributed by atoms with Gasteiger partial charge in [0.25, 0.3) is 0 Å². The maximum Gasteiger partial charge on any atom is 0.164 e. The van der Waals surface area contributed by atoms with E-state index in [1.807, 2.05) is 36.0 Å². The topological polar surface area (TPSA) is 29.9 Å². The second kappa shape index (κ2) is 5.13. The number of para-hydroxylation sites is 1. The minimum absolute atomic E-state index is 0.112. The zero-order chi connectivity index (χ0) is 14.1. The number of benzene rings is 2. The van der Waals surface area contributed by atoms with E-state index < -0.39 is 5.82 Å². The first-order chi connectivity index (χ1) is 9.66. The van der Waals surface area contributed by atoms with E-state index in [9.17, 15) is 4.39 Å². The molecular formula is C15H13ClFN3. The van der Waals surface area contributed by atoms with Crippen LogP contribution in [0.25, 0.3) is 10.9 Å². The summed E-state index contributed by atoms with van der Waals surface area (Å²) in [5.41, 5.74) is 2.31. The minimum atomic E-state index is -0.436. The maximum absolute atomic E-state index is 13.8. The third-order valence-electron chi connectivity index (χ3n) is 3.23. The summed E-state index contributed by atoms with van der Waals surface area (Å²) in [7, 11) is 1.89. The molecule has 1 aromatic heterocycles. The third kappa shape index (κ3) is 2.23. The van der Waals surface area contributed by atoms with Gasteiger partial charge in [0.15, 0.2) is 5.82 Å². The molecule has 0 aliphatic rings. The molecule has 0 radical (unpaired) electrons. The first-order valence-electron chi connectivity index (χ1n) is 6.25. The highest BCUT2D eigenvalue weighted by Crippen LogP contribution is 2.23. The predicted molar refractivity (Wildman–Crippen MR) is 79.5 cm³/mol. The van der Waals surface area contributed by atoms with Crippen molar-refractivity contribution >= 4 is 28.2 Å². The Morgan fingerprint density at radius 2 is 2.00 bits per heavy atom. The zero-order valence-corrected chi connectivity index (χ0v) is 11.7. The van der Waals surface area contributed by atoms with Crippen LogP contribution < -0.4 is 5.32 Å². The van der Waals surface area contributed by atoms with E-state index in [4.69, 9.17) is 11.6 Å². The van der Waals surface area contributed by atoms with Gasteiger partial charge in [-0.15, -0.1) is 0 Å². The summed E-state index contributed by atoms with van der Waals surface area (Å²) in [6.45, 7) is 0.443. The number of rotatable bonds is 3. The summed E-state index contributed by atoms with van der Waals surface area (Å²) >= 11 is 5.76. The van der Waals surface area contributed by atoms with Crippen LogP contribution in [-0.4, -0.2) is 9.78 Å². The fourth-order valence-electron chi connectivity index (χ4n) is 2.24. The molecule has 0 fully saturated rings. The quantitative estimate of drug-likeness (QED) is 0.790. The summed E-state index contributed by atoms with van der Waals surface area (Å²) in [6, 6.07) is 12.8. The highest BCUT2D eigenvalue weighted by molar-refractivity contribution is 6.31. The SMILES string of the molecule is Cn1nc(CNc2cccc(Cl)c2F)c2ccccc21. The molecule has 0 bridgehead atoms. The van der Waals surface area contributed by atoms with Crippen LogP contribution in [0.5, 0.6) is 0 Å². The van der Waals surface area contributed by atoms with Crippen LogP contribution in [0.15, 0.2) is 42.5 Å². The molecule has 2 aromatic carbocycles. The van der Waals surface area contributed by atoms with Crippen molar-refractivity contribution in [3.8, 4) is 0 Å². The van der Waals surface area contributed by atoms with Crippen LogP contribution in [0.2, 0.25) is 5.02 Å². The molecule has 0 saturated carbocycles. The lowest BCUT2D eigenvalue weighted by atomic mass is 10.2. The van der Waals surface area contributed by atoms with Gasteiger partial charge >= 0.3 is 0 Å². The molecule has 1 heterocycles. The Morgan fingerprint density at radius 1 is 1.20 bits per heavy atom. The van der Waals surface area contributed by atoms with Gasteiger partial charge in [0.1, 0.15) is 0 Å². The number of hydrogen-bond donors (Lipinski definition) is 1. The third-order valence-corrected chi connectivity index (χ3v) is 3.52. The molecule has 5 heteroatoms. The van der Waals surface area contributed by atoms with E-state index in [2.05, 4.69) is 10.4 Å². The molecule has 0 aliphatic heterocycles. The largest absolute Gasteiger partial charge is 0.377 e. The second-order valence-electron chi connectivity index (χ2n) is 4.54. The van der Waals surface area contributed by atoms with Crippen molar-refractivity contribution in [3.63, 3.8) is 0 Å². The average molecular weight is 290 g/mol. The molecular weight excluding hydrogens is 277 g/mol. The first kappa shape index (κ1) is 12.9. The van der Waals surface area contributed by atoms with Gasteiger partial charge in [-0.25, -0.2) is 4.39 Å². The number of anilines is 1. The molecule has 20 heavy (non-hydrogen) atoms. The smallest absolute Gasteiger partial charge is 0.164 e.